The van der Waals surface area contributed by atoms with Crippen molar-refractivity contribution in [2.75, 3.05) is 6.54 Å². The molecular weight excluding hydrogens is 313 g/mol. The summed E-state index contributed by atoms with van der Waals surface area (Å²) >= 11 is 0. The maximum atomic E-state index is 11.1. The van der Waals surface area contributed by atoms with Crippen LogP contribution in [0.4, 0.5) is 0 Å². The average molecular weight is 345 g/mol. The molecule has 0 saturated heterocycles. The molecule has 0 aromatic carbocycles. The van der Waals surface area contributed by atoms with Crippen LogP contribution in [-0.4, -0.2) is 28.5 Å². The summed E-state index contributed by atoms with van der Waals surface area (Å²) in [5.74, 6) is -1.05. The Kier molecular flexibility index (Phi) is 15.9. The zero-order valence-electron chi connectivity index (χ0n) is 15.5. The van der Waals surface area contributed by atoms with E-state index in [9.17, 15) is 9.90 Å². The van der Waals surface area contributed by atoms with Crippen molar-refractivity contribution in [3.8, 4) is 0 Å². The molecule has 0 aliphatic carbocycles. The number of unbranched alkanes of at least 4 members (excludes halogenated alkanes) is 9. The summed E-state index contributed by atoms with van der Waals surface area (Å²) in [6, 6.07) is -0.644. The maximum absolute atomic E-state index is 11.1. The van der Waals surface area contributed by atoms with E-state index in [1.165, 1.54) is 51.4 Å². The number of H-pyrrole nitrogens is 1. The number of hydrogen-bond acceptors (Lipinski definition) is 4. The Morgan fingerprint density at radius 2 is 1.71 bits per heavy atom. The maximum Gasteiger partial charge on any atom is 1.00 e. The monoisotopic (exact) mass is 345 g/mol. The molecule has 0 aliphatic rings. The SMILES string of the molecule is CCCCCCCCCCCCN[C@@H](Cc1cnc[nH]1)C(=O)[O-].[Na+]. The number of aromatic nitrogens is 2. The first-order valence-electron chi connectivity index (χ1n) is 9.15. The van der Waals surface area contributed by atoms with Crippen molar-refractivity contribution in [2.24, 2.45) is 0 Å². The van der Waals surface area contributed by atoms with Gasteiger partial charge < -0.3 is 20.2 Å². The van der Waals surface area contributed by atoms with E-state index >= 15 is 0 Å². The number of aromatic amines is 1. The van der Waals surface area contributed by atoms with Gasteiger partial charge in [0.1, 0.15) is 0 Å². The number of carbonyl (C=O) groups is 1. The zero-order valence-corrected chi connectivity index (χ0v) is 17.5. The van der Waals surface area contributed by atoms with Crippen molar-refractivity contribution >= 4 is 5.97 Å². The molecule has 1 aromatic rings. The normalized spacial score (nSPS) is 11.9. The summed E-state index contributed by atoms with van der Waals surface area (Å²) in [6.45, 7) is 2.97. The second-order valence-electron chi connectivity index (χ2n) is 6.29. The van der Waals surface area contributed by atoms with E-state index in [0.29, 0.717) is 6.42 Å². The Morgan fingerprint density at radius 3 is 2.21 bits per heavy atom. The van der Waals surface area contributed by atoms with E-state index in [4.69, 9.17) is 0 Å². The molecule has 0 saturated carbocycles. The fourth-order valence-corrected chi connectivity index (χ4v) is 2.74. The molecule has 0 unspecified atom stereocenters. The van der Waals surface area contributed by atoms with Crippen LogP contribution >= 0.6 is 0 Å². The molecule has 1 atom stereocenters. The third-order valence-corrected chi connectivity index (χ3v) is 4.18. The molecule has 6 heteroatoms. The molecule has 1 aromatic heterocycles. The predicted molar refractivity (Wildman–Crippen MR) is 90.9 cm³/mol. The third-order valence-electron chi connectivity index (χ3n) is 4.18. The largest absolute Gasteiger partial charge is 1.00 e. The molecule has 0 radical (unpaired) electrons. The first-order valence-corrected chi connectivity index (χ1v) is 9.15. The van der Waals surface area contributed by atoms with Gasteiger partial charge in [0.25, 0.3) is 0 Å². The second kappa shape index (κ2) is 16.1. The molecule has 2 N–H and O–H groups in total. The molecule has 0 aliphatic heterocycles. The van der Waals surface area contributed by atoms with Gasteiger partial charge in [-0.25, -0.2) is 4.98 Å². The molecule has 1 heterocycles. The fourth-order valence-electron chi connectivity index (χ4n) is 2.74. The number of rotatable bonds is 15. The van der Waals surface area contributed by atoms with Crippen LogP contribution in [0.1, 0.15) is 76.8 Å². The minimum Gasteiger partial charge on any atom is -0.548 e. The van der Waals surface area contributed by atoms with Crippen LogP contribution in [-0.2, 0) is 11.2 Å². The zero-order chi connectivity index (χ0) is 16.8. The average Bonchev–Trinajstić information content (AvgIpc) is 3.04. The van der Waals surface area contributed by atoms with Crippen molar-refractivity contribution < 1.29 is 39.5 Å². The van der Waals surface area contributed by atoms with E-state index in [1.807, 2.05) is 0 Å². The number of carboxylic acid groups (broad SMARTS) is 1. The molecule has 1 rings (SSSR count). The topological polar surface area (TPSA) is 80.8 Å². The van der Waals surface area contributed by atoms with Gasteiger partial charge in [0.05, 0.1) is 18.3 Å². The van der Waals surface area contributed by atoms with Crippen molar-refractivity contribution in [3.63, 3.8) is 0 Å². The van der Waals surface area contributed by atoms with Crippen molar-refractivity contribution in [1.29, 1.82) is 0 Å². The van der Waals surface area contributed by atoms with Crippen LogP contribution in [0.15, 0.2) is 12.5 Å². The first-order chi connectivity index (χ1) is 11.2. The number of imidazole rings is 1. The molecule has 0 bridgehead atoms. The van der Waals surface area contributed by atoms with Crippen molar-refractivity contribution in [1.82, 2.24) is 15.3 Å². The van der Waals surface area contributed by atoms with E-state index < -0.39 is 12.0 Å². The van der Waals surface area contributed by atoms with E-state index in [1.54, 1.807) is 12.5 Å². The third kappa shape index (κ3) is 12.1. The van der Waals surface area contributed by atoms with Gasteiger partial charge in [0.15, 0.2) is 0 Å². The second-order valence-corrected chi connectivity index (χ2v) is 6.29. The Balaban J connectivity index is 0.00000529. The van der Waals surface area contributed by atoms with E-state index in [0.717, 1.165) is 25.1 Å². The van der Waals surface area contributed by atoms with E-state index in [2.05, 4.69) is 22.2 Å². The van der Waals surface area contributed by atoms with Crippen LogP contribution in [0.2, 0.25) is 0 Å². The van der Waals surface area contributed by atoms with Gasteiger partial charge in [0.2, 0.25) is 0 Å². The van der Waals surface area contributed by atoms with Crippen LogP contribution in [0.25, 0.3) is 0 Å². The first kappa shape index (κ1) is 23.6. The molecule has 0 fully saturated rings. The standard InChI is InChI=1S/C18H33N3O2.Na/c1-2-3-4-5-6-7-8-9-10-11-12-20-17(18(22)23)13-16-14-19-15-21-16;/h14-15,17,20H,2-13H2,1H3,(H,19,21)(H,22,23);/q;+1/p-1/t17-;/m0./s1. The number of nitrogens with zero attached hydrogens (tertiary/aromatic N) is 1. The Labute approximate surface area is 168 Å². The van der Waals surface area contributed by atoms with Crippen molar-refractivity contribution in [3.05, 3.63) is 18.2 Å². The fraction of sp³-hybridized carbons (Fsp3) is 0.778. The summed E-state index contributed by atoms with van der Waals surface area (Å²) in [5, 5.41) is 14.2. The minimum absolute atomic E-state index is 0. The molecule has 0 amide bonds. The van der Waals surface area contributed by atoms with Crippen LogP contribution in [0.5, 0.6) is 0 Å². The minimum atomic E-state index is -1.05. The molecule has 132 valence electrons. The van der Waals surface area contributed by atoms with Crippen LogP contribution in [0, 0.1) is 0 Å². The Bertz CT molecular complexity index is 399. The van der Waals surface area contributed by atoms with Gasteiger partial charge in [-0.15, -0.1) is 0 Å². The number of carboxylic acids is 1. The van der Waals surface area contributed by atoms with Gasteiger partial charge in [-0.2, -0.15) is 0 Å². The molecule has 0 spiro atoms. The summed E-state index contributed by atoms with van der Waals surface area (Å²) in [4.78, 5) is 18.0. The number of hydrogen-bond donors (Lipinski definition) is 2. The quantitative estimate of drug-likeness (QED) is 0.334. The Morgan fingerprint density at radius 1 is 1.12 bits per heavy atom. The summed E-state index contributed by atoms with van der Waals surface area (Å²) in [7, 11) is 0. The van der Waals surface area contributed by atoms with Gasteiger partial charge in [-0.05, 0) is 13.0 Å². The van der Waals surface area contributed by atoms with Gasteiger partial charge in [0, 0.05) is 18.3 Å². The predicted octanol–water partition coefficient (Wildman–Crippen LogP) is -0.415. The van der Waals surface area contributed by atoms with Gasteiger partial charge in [-0.1, -0.05) is 64.7 Å². The summed E-state index contributed by atoms with van der Waals surface area (Å²) < 4.78 is 0. The molecule has 5 nitrogen and oxygen atoms in total. The molecule has 24 heavy (non-hydrogen) atoms. The van der Waals surface area contributed by atoms with Crippen LogP contribution < -0.4 is 40.0 Å². The number of carbonyl (C=O) groups excluding carboxylic acids is 1. The Hall–Kier alpha value is -0.360. The van der Waals surface area contributed by atoms with E-state index in [-0.39, 0.29) is 29.6 Å². The van der Waals surface area contributed by atoms with Crippen LogP contribution in [0.3, 0.4) is 0 Å². The number of aliphatic carboxylic acids is 1. The smallest absolute Gasteiger partial charge is 0.548 e. The van der Waals surface area contributed by atoms with Crippen molar-refractivity contribution in [2.45, 2.75) is 83.6 Å². The number of nitrogens with one attached hydrogen (secondary N) is 2. The molecular formula is C18H32N3NaO2. The summed E-state index contributed by atoms with van der Waals surface area (Å²) in [5.41, 5.74) is 0.815. The van der Waals surface area contributed by atoms with Gasteiger partial charge >= 0.3 is 29.6 Å². The summed E-state index contributed by atoms with van der Waals surface area (Å²) in [6.07, 6.45) is 16.4. The van der Waals surface area contributed by atoms with Gasteiger partial charge in [-0.3, -0.25) is 0 Å².